The molecule has 1 aliphatic rings. The van der Waals surface area contributed by atoms with Crippen molar-refractivity contribution in [3.63, 3.8) is 0 Å². The number of carbonyl (C=O) groups is 1. The molecule has 1 fully saturated rings. The standard InChI is InChI=1S/C10H20N2O2/c1-10(2,14)7-12-9(13)8-4-3-5-11-6-8/h8,11,14H,3-7H2,1-2H3,(H,12,13)/t8-/m0/s1. The van der Waals surface area contributed by atoms with Crippen molar-refractivity contribution < 1.29 is 9.90 Å². The first-order valence-corrected chi connectivity index (χ1v) is 5.20. The molecular formula is C10H20N2O2. The number of amides is 1. The van der Waals surface area contributed by atoms with E-state index in [0.717, 1.165) is 25.9 Å². The molecule has 1 amide bonds. The van der Waals surface area contributed by atoms with E-state index in [1.807, 2.05) is 0 Å². The van der Waals surface area contributed by atoms with Crippen molar-refractivity contribution in [3.05, 3.63) is 0 Å². The molecule has 0 aromatic rings. The van der Waals surface area contributed by atoms with Gasteiger partial charge >= 0.3 is 0 Å². The van der Waals surface area contributed by atoms with Crippen LogP contribution in [0.5, 0.6) is 0 Å². The molecule has 14 heavy (non-hydrogen) atoms. The monoisotopic (exact) mass is 200 g/mol. The van der Waals surface area contributed by atoms with Crippen molar-refractivity contribution in [1.29, 1.82) is 0 Å². The SMILES string of the molecule is CC(C)(O)CNC(=O)[C@H]1CCCNC1. The number of aliphatic hydroxyl groups is 1. The van der Waals surface area contributed by atoms with Crippen LogP contribution in [-0.4, -0.2) is 36.2 Å². The predicted molar refractivity (Wildman–Crippen MR) is 54.9 cm³/mol. The Morgan fingerprint density at radius 1 is 1.64 bits per heavy atom. The van der Waals surface area contributed by atoms with Crippen LogP contribution in [0.3, 0.4) is 0 Å². The Balaban J connectivity index is 2.27. The summed E-state index contributed by atoms with van der Waals surface area (Å²) >= 11 is 0. The lowest BCUT2D eigenvalue weighted by Gasteiger charge is -2.24. The van der Waals surface area contributed by atoms with Crippen LogP contribution < -0.4 is 10.6 Å². The molecule has 4 heteroatoms. The summed E-state index contributed by atoms with van der Waals surface area (Å²) in [5, 5.41) is 15.4. The van der Waals surface area contributed by atoms with Crippen LogP contribution in [0.4, 0.5) is 0 Å². The number of hydrogen-bond acceptors (Lipinski definition) is 3. The van der Waals surface area contributed by atoms with Gasteiger partial charge in [0, 0.05) is 13.1 Å². The van der Waals surface area contributed by atoms with Gasteiger partial charge in [-0.25, -0.2) is 0 Å². The van der Waals surface area contributed by atoms with E-state index in [2.05, 4.69) is 10.6 Å². The number of piperidine rings is 1. The van der Waals surface area contributed by atoms with E-state index in [0.29, 0.717) is 6.54 Å². The summed E-state index contributed by atoms with van der Waals surface area (Å²) in [5.74, 6) is 0.130. The van der Waals surface area contributed by atoms with E-state index in [-0.39, 0.29) is 11.8 Å². The Morgan fingerprint density at radius 2 is 2.36 bits per heavy atom. The van der Waals surface area contributed by atoms with Crippen LogP contribution in [0.1, 0.15) is 26.7 Å². The van der Waals surface area contributed by atoms with Gasteiger partial charge in [0.05, 0.1) is 11.5 Å². The Morgan fingerprint density at radius 3 is 2.86 bits per heavy atom. The van der Waals surface area contributed by atoms with Crippen molar-refractivity contribution in [2.75, 3.05) is 19.6 Å². The van der Waals surface area contributed by atoms with Crippen LogP contribution in [-0.2, 0) is 4.79 Å². The fourth-order valence-electron chi connectivity index (χ4n) is 1.52. The zero-order valence-corrected chi connectivity index (χ0v) is 8.97. The molecule has 82 valence electrons. The normalized spacial score (nSPS) is 23.2. The molecule has 0 aromatic carbocycles. The van der Waals surface area contributed by atoms with E-state index >= 15 is 0 Å². The summed E-state index contributed by atoms with van der Waals surface area (Å²) in [6.07, 6.45) is 2.01. The van der Waals surface area contributed by atoms with Crippen LogP contribution >= 0.6 is 0 Å². The van der Waals surface area contributed by atoms with Crippen LogP contribution in [0.15, 0.2) is 0 Å². The van der Waals surface area contributed by atoms with Gasteiger partial charge < -0.3 is 15.7 Å². The summed E-state index contributed by atoms with van der Waals surface area (Å²) in [4.78, 5) is 11.6. The van der Waals surface area contributed by atoms with Crippen LogP contribution in [0.25, 0.3) is 0 Å². The lowest BCUT2D eigenvalue weighted by Crippen LogP contribution is -2.45. The predicted octanol–water partition coefficient (Wildman–Crippen LogP) is -0.127. The smallest absolute Gasteiger partial charge is 0.224 e. The fraction of sp³-hybridized carbons (Fsp3) is 0.900. The number of nitrogens with one attached hydrogen (secondary N) is 2. The van der Waals surface area contributed by atoms with Crippen molar-refractivity contribution in [1.82, 2.24) is 10.6 Å². The molecule has 0 unspecified atom stereocenters. The van der Waals surface area contributed by atoms with Gasteiger partial charge in [0.25, 0.3) is 0 Å². The molecular weight excluding hydrogens is 180 g/mol. The number of carbonyl (C=O) groups excluding carboxylic acids is 1. The first-order chi connectivity index (χ1) is 6.49. The van der Waals surface area contributed by atoms with Gasteiger partial charge in [0.1, 0.15) is 0 Å². The third-order valence-corrected chi connectivity index (χ3v) is 2.36. The zero-order valence-electron chi connectivity index (χ0n) is 8.97. The third kappa shape index (κ3) is 4.07. The minimum atomic E-state index is -0.822. The maximum Gasteiger partial charge on any atom is 0.224 e. The summed E-state index contributed by atoms with van der Waals surface area (Å²) < 4.78 is 0. The summed E-state index contributed by atoms with van der Waals surface area (Å²) in [6.45, 7) is 5.47. The maximum absolute atomic E-state index is 11.6. The zero-order chi connectivity index (χ0) is 10.6. The Bertz CT molecular complexity index is 193. The molecule has 1 heterocycles. The van der Waals surface area contributed by atoms with Crippen LogP contribution in [0.2, 0.25) is 0 Å². The molecule has 0 aliphatic carbocycles. The summed E-state index contributed by atoms with van der Waals surface area (Å²) in [7, 11) is 0. The summed E-state index contributed by atoms with van der Waals surface area (Å²) in [6, 6.07) is 0. The van der Waals surface area contributed by atoms with E-state index in [4.69, 9.17) is 0 Å². The van der Waals surface area contributed by atoms with Gasteiger partial charge in [-0.05, 0) is 33.2 Å². The molecule has 0 radical (unpaired) electrons. The fourth-order valence-corrected chi connectivity index (χ4v) is 1.52. The van der Waals surface area contributed by atoms with E-state index in [1.54, 1.807) is 13.8 Å². The van der Waals surface area contributed by atoms with Crippen molar-refractivity contribution in [3.8, 4) is 0 Å². The second kappa shape index (κ2) is 4.75. The lowest BCUT2D eigenvalue weighted by molar-refractivity contribution is -0.126. The quantitative estimate of drug-likeness (QED) is 0.595. The molecule has 4 nitrogen and oxygen atoms in total. The van der Waals surface area contributed by atoms with Gasteiger partial charge in [0.2, 0.25) is 5.91 Å². The minimum Gasteiger partial charge on any atom is -0.389 e. The molecule has 0 bridgehead atoms. The molecule has 1 rings (SSSR count). The molecule has 0 saturated carbocycles. The van der Waals surface area contributed by atoms with Gasteiger partial charge in [-0.1, -0.05) is 0 Å². The Labute approximate surface area is 85.1 Å². The number of rotatable bonds is 3. The summed E-state index contributed by atoms with van der Waals surface area (Å²) in [5.41, 5.74) is -0.822. The van der Waals surface area contributed by atoms with Crippen molar-refractivity contribution >= 4 is 5.91 Å². The molecule has 0 aromatic heterocycles. The second-order valence-corrected chi connectivity index (χ2v) is 4.57. The average molecular weight is 200 g/mol. The van der Waals surface area contributed by atoms with Gasteiger partial charge in [-0.15, -0.1) is 0 Å². The topological polar surface area (TPSA) is 61.4 Å². The third-order valence-electron chi connectivity index (χ3n) is 2.36. The highest BCUT2D eigenvalue weighted by Gasteiger charge is 2.22. The van der Waals surface area contributed by atoms with E-state index < -0.39 is 5.60 Å². The van der Waals surface area contributed by atoms with E-state index in [1.165, 1.54) is 0 Å². The van der Waals surface area contributed by atoms with Crippen molar-refractivity contribution in [2.24, 2.45) is 5.92 Å². The lowest BCUT2D eigenvalue weighted by atomic mass is 9.98. The number of hydrogen-bond donors (Lipinski definition) is 3. The Hall–Kier alpha value is -0.610. The highest BCUT2D eigenvalue weighted by molar-refractivity contribution is 5.79. The minimum absolute atomic E-state index is 0.0549. The van der Waals surface area contributed by atoms with Crippen molar-refractivity contribution in [2.45, 2.75) is 32.3 Å². The average Bonchev–Trinajstić information content (AvgIpc) is 2.14. The highest BCUT2D eigenvalue weighted by atomic mass is 16.3. The van der Waals surface area contributed by atoms with Gasteiger partial charge in [0.15, 0.2) is 0 Å². The largest absolute Gasteiger partial charge is 0.389 e. The maximum atomic E-state index is 11.6. The van der Waals surface area contributed by atoms with Gasteiger partial charge in [-0.3, -0.25) is 4.79 Å². The molecule has 0 spiro atoms. The first-order valence-electron chi connectivity index (χ1n) is 5.20. The highest BCUT2D eigenvalue weighted by Crippen LogP contribution is 2.10. The molecule has 3 N–H and O–H groups in total. The first kappa shape index (κ1) is 11.5. The van der Waals surface area contributed by atoms with E-state index in [9.17, 15) is 9.90 Å². The van der Waals surface area contributed by atoms with Gasteiger partial charge in [-0.2, -0.15) is 0 Å². The molecule has 1 saturated heterocycles. The molecule has 1 aliphatic heterocycles. The Kier molecular flexibility index (Phi) is 3.89. The second-order valence-electron chi connectivity index (χ2n) is 4.57. The molecule has 1 atom stereocenters. The van der Waals surface area contributed by atoms with Crippen LogP contribution in [0, 0.1) is 5.92 Å².